The summed E-state index contributed by atoms with van der Waals surface area (Å²) in [5.41, 5.74) is 3.52. The van der Waals surface area contributed by atoms with Crippen LogP contribution in [0.5, 0.6) is 0 Å². The smallest absolute Gasteiger partial charge is 0.291 e. The molecule has 0 atom stereocenters. The molecule has 0 fully saturated rings. The molecule has 0 saturated carbocycles. The molecule has 25 heavy (non-hydrogen) atoms. The Bertz CT molecular complexity index is 901. The van der Waals surface area contributed by atoms with Crippen molar-refractivity contribution in [1.82, 2.24) is 0 Å². The highest BCUT2D eigenvalue weighted by atomic mass is 79.9. The summed E-state index contributed by atoms with van der Waals surface area (Å²) >= 11 is 3.20. The van der Waals surface area contributed by atoms with Gasteiger partial charge in [0.25, 0.3) is 5.91 Å². The maximum atomic E-state index is 12.3. The lowest BCUT2D eigenvalue weighted by Gasteiger charge is -2.10. The van der Waals surface area contributed by atoms with E-state index in [0.717, 1.165) is 16.7 Å². The molecule has 3 aromatic rings. The lowest BCUT2D eigenvalue weighted by molar-refractivity contribution is 0.0995. The Morgan fingerprint density at radius 2 is 1.88 bits per heavy atom. The molecule has 0 saturated heterocycles. The molecule has 1 aromatic heterocycles. The Balaban J connectivity index is 1.85. The average Bonchev–Trinajstić information content (AvgIpc) is 3.07. The number of carbonyl (C=O) groups excluding carboxylic acids is 1. The van der Waals surface area contributed by atoms with Crippen molar-refractivity contribution in [3.63, 3.8) is 0 Å². The van der Waals surface area contributed by atoms with Gasteiger partial charge in [0.2, 0.25) is 0 Å². The number of nitrogens with zero attached hydrogens (tertiary/aromatic N) is 1. The van der Waals surface area contributed by atoms with Crippen molar-refractivity contribution >= 4 is 33.7 Å². The van der Waals surface area contributed by atoms with Gasteiger partial charge in [-0.2, -0.15) is 0 Å². The van der Waals surface area contributed by atoms with Crippen LogP contribution in [0, 0.1) is 0 Å². The fourth-order valence-corrected chi connectivity index (χ4v) is 2.63. The number of furan rings is 1. The third-order valence-electron chi connectivity index (χ3n) is 3.50. The number of para-hydroxylation sites is 1. The van der Waals surface area contributed by atoms with Gasteiger partial charge in [0.05, 0.1) is 6.21 Å². The van der Waals surface area contributed by atoms with E-state index in [2.05, 4.69) is 31.2 Å². The molecule has 0 spiro atoms. The van der Waals surface area contributed by atoms with Gasteiger partial charge in [-0.1, -0.05) is 47.6 Å². The Labute approximate surface area is 153 Å². The molecule has 6 heteroatoms. The highest BCUT2D eigenvalue weighted by molar-refractivity contribution is 9.10. The molecular weight excluding hydrogens is 384 g/mol. The molecule has 3 rings (SSSR count). The SMILES string of the molecule is CON=Cc1ccc(-c2ccccc2NC(=O)c2ccc(Br)o2)cc1. The van der Waals surface area contributed by atoms with E-state index in [1.807, 2.05) is 48.5 Å². The molecule has 2 aromatic carbocycles. The molecule has 0 aliphatic rings. The summed E-state index contributed by atoms with van der Waals surface area (Å²) in [6.07, 6.45) is 1.63. The highest BCUT2D eigenvalue weighted by Crippen LogP contribution is 2.28. The number of nitrogens with one attached hydrogen (secondary N) is 1. The van der Waals surface area contributed by atoms with Gasteiger partial charge in [-0.15, -0.1) is 0 Å². The lowest BCUT2D eigenvalue weighted by Crippen LogP contribution is -2.11. The summed E-state index contributed by atoms with van der Waals surface area (Å²) in [6.45, 7) is 0. The van der Waals surface area contributed by atoms with Crippen LogP contribution < -0.4 is 5.32 Å². The predicted octanol–water partition coefficient (Wildman–Crippen LogP) is 4.94. The molecule has 0 aliphatic carbocycles. The first-order valence-electron chi connectivity index (χ1n) is 7.50. The van der Waals surface area contributed by atoms with Gasteiger partial charge in [-0.3, -0.25) is 4.79 Å². The van der Waals surface area contributed by atoms with Crippen LogP contribution in [0.2, 0.25) is 0 Å². The van der Waals surface area contributed by atoms with Gasteiger partial charge >= 0.3 is 0 Å². The monoisotopic (exact) mass is 398 g/mol. The van der Waals surface area contributed by atoms with Gasteiger partial charge in [-0.25, -0.2) is 0 Å². The first-order chi connectivity index (χ1) is 12.2. The van der Waals surface area contributed by atoms with E-state index >= 15 is 0 Å². The first-order valence-corrected chi connectivity index (χ1v) is 8.29. The van der Waals surface area contributed by atoms with Gasteiger partial charge in [0.15, 0.2) is 10.4 Å². The Morgan fingerprint density at radius 1 is 1.12 bits per heavy atom. The van der Waals surface area contributed by atoms with Gasteiger partial charge in [0.1, 0.15) is 7.11 Å². The van der Waals surface area contributed by atoms with Crippen molar-refractivity contribution in [1.29, 1.82) is 0 Å². The molecule has 1 N–H and O–H groups in total. The minimum atomic E-state index is -0.304. The summed E-state index contributed by atoms with van der Waals surface area (Å²) in [5.74, 6) is -0.0604. The van der Waals surface area contributed by atoms with E-state index in [1.54, 1.807) is 18.3 Å². The lowest BCUT2D eigenvalue weighted by atomic mass is 10.0. The normalized spacial score (nSPS) is 10.8. The van der Waals surface area contributed by atoms with Crippen molar-refractivity contribution < 1.29 is 14.0 Å². The second-order valence-corrected chi connectivity index (χ2v) is 5.92. The number of anilines is 1. The van der Waals surface area contributed by atoms with Gasteiger partial charge in [0, 0.05) is 11.3 Å². The van der Waals surface area contributed by atoms with Crippen molar-refractivity contribution in [2.75, 3.05) is 12.4 Å². The predicted molar refractivity (Wildman–Crippen MR) is 101 cm³/mol. The van der Waals surface area contributed by atoms with E-state index in [1.165, 1.54) is 7.11 Å². The molecular formula is C19H15BrN2O3. The third-order valence-corrected chi connectivity index (χ3v) is 3.93. The fraction of sp³-hybridized carbons (Fsp3) is 0.0526. The van der Waals surface area contributed by atoms with E-state index in [-0.39, 0.29) is 11.7 Å². The van der Waals surface area contributed by atoms with Crippen molar-refractivity contribution in [2.45, 2.75) is 0 Å². The summed E-state index contributed by atoms with van der Waals surface area (Å²) in [6, 6.07) is 18.7. The minimum Gasteiger partial charge on any atom is -0.444 e. The topological polar surface area (TPSA) is 63.8 Å². The van der Waals surface area contributed by atoms with E-state index in [9.17, 15) is 4.79 Å². The molecule has 0 unspecified atom stereocenters. The average molecular weight is 399 g/mol. The first kappa shape index (κ1) is 17.0. The molecule has 0 bridgehead atoms. The third kappa shape index (κ3) is 4.16. The number of hydrogen-bond acceptors (Lipinski definition) is 4. The van der Waals surface area contributed by atoms with Crippen LogP contribution in [0.4, 0.5) is 5.69 Å². The number of benzene rings is 2. The maximum Gasteiger partial charge on any atom is 0.291 e. The maximum absolute atomic E-state index is 12.3. The van der Waals surface area contributed by atoms with Crippen molar-refractivity contribution in [3.8, 4) is 11.1 Å². The number of halogens is 1. The number of hydrogen-bond donors (Lipinski definition) is 1. The second kappa shape index (κ2) is 7.81. The number of carbonyl (C=O) groups is 1. The van der Waals surface area contributed by atoms with Gasteiger partial charge < -0.3 is 14.6 Å². The summed E-state index contributed by atoms with van der Waals surface area (Å²) in [7, 11) is 1.50. The van der Waals surface area contributed by atoms with Crippen LogP contribution in [-0.2, 0) is 4.84 Å². The molecule has 126 valence electrons. The summed E-state index contributed by atoms with van der Waals surface area (Å²) < 4.78 is 5.81. The zero-order valence-electron chi connectivity index (χ0n) is 13.4. The van der Waals surface area contributed by atoms with Crippen LogP contribution in [0.1, 0.15) is 16.1 Å². The second-order valence-electron chi connectivity index (χ2n) is 5.14. The van der Waals surface area contributed by atoms with Crippen LogP contribution in [0.25, 0.3) is 11.1 Å². The van der Waals surface area contributed by atoms with Crippen LogP contribution in [0.15, 0.2) is 74.9 Å². The van der Waals surface area contributed by atoms with Crippen LogP contribution in [-0.4, -0.2) is 19.2 Å². The standard InChI is InChI=1S/C19H15BrN2O3/c1-24-21-12-13-6-8-14(9-7-13)15-4-2-3-5-16(15)22-19(23)17-10-11-18(20)25-17/h2-12H,1H3,(H,22,23). The zero-order valence-corrected chi connectivity index (χ0v) is 15.0. The Morgan fingerprint density at radius 3 is 2.56 bits per heavy atom. The van der Waals surface area contributed by atoms with E-state index in [4.69, 9.17) is 4.42 Å². The molecule has 1 amide bonds. The Hall–Kier alpha value is -2.86. The number of oxime groups is 1. The van der Waals surface area contributed by atoms with Crippen molar-refractivity contribution in [3.05, 3.63) is 76.7 Å². The van der Waals surface area contributed by atoms with Crippen LogP contribution >= 0.6 is 15.9 Å². The van der Waals surface area contributed by atoms with E-state index < -0.39 is 0 Å². The molecule has 0 radical (unpaired) electrons. The largest absolute Gasteiger partial charge is 0.444 e. The zero-order chi connectivity index (χ0) is 17.6. The van der Waals surface area contributed by atoms with E-state index in [0.29, 0.717) is 10.4 Å². The molecule has 1 heterocycles. The Kier molecular flexibility index (Phi) is 5.30. The number of rotatable bonds is 5. The fourth-order valence-electron chi connectivity index (χ4n) is 2.33. The molecule has 5 nitrogen and oxygen atoms in total. The molecule has 0 aliphatic heterocycles. The highest BCUT2D eigenvalue weighted by Gasteiger charge is 2.13. The summed E-state index contributed by atoms with van der Waals surface area (Å²) in [5, 5.41) is 6.63. The summed E-state index contributed by atoms with van der Waals surface area (Å²) in [4.78, 5) is 17.0. The quantitative estimate of drug-likeness (QED) is 0.488. The minimum absolute atomic E-state index is 0.243. The van der Waals surface area contributed by atoms with Gasteiger partial charge in [-0.05, 0) is 45.3 Å². The van der Waals surface area contributed by atoms with Crippen molar-refractivity contribution in [2.24, 2.45) is 5.16 Å². The number of amides is 1. The van der Waals surface area contributed by atoms with Crippen LogP contribution in [0.3, 0.4) is 0 Å².